The van der Waals surface area contributed by atoms with Crippen molar-refractivity contribution in [1.29, 1.82) is 0 Å². The number of carbonyl (C=O) groups is 3. The van der Waals surface area contributed by atoms with Crippen LogP contribution < -0.4 is 0 Å². The molecule has 2 aliphatic rings. The molecule has 11 heteroatoms. The molecule has 2 aromatic carbocycles. The Hall–Kier alpha value is -4.38. The summed E-state index contributed by atoms with van der Waals surface area (Å²) in [5.74, 6) is -1.32. The Bertz CT molecular complexity index is 1450. The topological polar surface area (TPSA) is 123 Å². The summed E-state index contributed by atoms with van der Waals surface area (Å²) in [6.45, 7) is 5.59. The number of rotatable bonds is 7. The third kappa shape index (κ3) is 5.82. The van der Waals surface area contributed by atoms with Gasteiger partial charge >= 0.3 is 18.2 Å². The number of methoxy groups -OCH3 is 1. The van der Waals surface area contributed by atoms with E-state index in [1.54, 1.807) is 27.8 Å². The molecule has 0 radical (unpaired) electrons. The lowest BCUT2D eigenvalue weighted by Crippen LogP contribution is -2.48. The molecule has 1 aliphatic carbocycles. The molecular formula is C31H36N4O7. The summed E-state index contributed by atoms with van der Waals surface area (Å²) in [6.07, 6.45) is -0.348. The molecule has 5 rings (SSSR count). The van der Waals surface area contributed by atoms with Crippen molar-refractivity contribution in [2.45, 2.75) is 51.0 Å². The summed E-state index contributed by atoms with van der Waals surface area (Å²) in [4.78, 5) is 41.7. The Morgan fingerprint density at radius 2 is 1.64 bits per heavy atom. The molecule has 11 nitrogen and oxygen atoms in total. The lowest BCUT2D eigenvalue weighted by atomic mass is 9.98. The first-order valence-corrected chi connectivity index (χ1v) is 13.8. The summed E-state index contributed by atoms with van der Waals surface area (Å²) in [7, 11) is 3.13. The van der Waals surface area contributed by atoms with E-state index in [2.05, 4.69) is 17.2 Å². The molecule has 1 N–H and O–H groups in total. The number of carbonyl (C=O) groups excluding carboxylic acids is 2. The second-order valence-corrected chi connectivity index (χ2v) is 11.6. The summed E-state index contributed by atoms with van der Waals surface area (Å²) in [5, 5.41) is 14.1. The number of hydrogen-bond donors (Lipinski definition) is 1. The molecule has 0 bridgehead atoms. The molecule has 0 spiro atoms. The largest absolute Gasteiger partial charge is 0.478 e. The first-order chi connectivity index (χ1) is 20.0. The van der Waals surface area contributed by atoms with Crippen LogP contribution in [0.3, 0.4) is 0 Å². The van der Waals surface area contributed by atoms with Crippen molar-refractivity contribution in [1.82, 2.24) is 19.6 Å². The standard InChI is InChI=1S/C31H36N4O7/c1-31(2,3)42-29(38)34-16-26(27(17-34)40-5)35(15-25-23(28(36)37)14-33(4)32-25)30(39)41-18-24-21-12-8-6-10-19(21)20-11-7-9-13-22(20)24/h6-14,24,26-27H,15-18H2,1-5H3,(H,36,37)/t26-,27-/m1/s1. The molecule has 222 valence electrons. The lowest BCUT2D eigenvalue weighted by molar-refractivity contribution is 0.0235. The van der Waals surface area contributed by atoms with Crippen molar-refractivity contribution in [3.63, 3.8) is 0 Å². The summed E-state index contributed by atoms with van der Waals surface area (Å²) < 4.78 is 18.6. The van der Waals surface area contributed by atoms with Gasteiger partial charge in [-0.1, -0.05) is 48.5 Å². The SMILES string of the molecule is CO[C@@H]1CN(C(=O)OC(C)(C)C)C[C@H]1N(Cc1nn(C)cc1C(=O)O)C(=O)OCC1c2ccccc2-c2ccccc21. The van der Waals surface area contributed by atoms with E-state index < -0.39 is 35.9 Å². The minimum atomic E-state index is -1.16. The van der Waals surface area contributed by atoms with Crippen LogP contribution in [0.1, 0.15) is 53.9 Å². The summed E-state index contributed by atoms with van der Waals surface area (Å²) >= 11 is 0. The normalized spacial score (nSPS) is 18.0. The van der Waals surface area contributed by atoms with Gasteiger partial charge in [0.15, 0.2) is 0 Å². The van der Waals surface area contributed by atoms with Gasteiger partial charge in [-0.15, -0.1) is 0 Å². The first-order valence-electron chi connectivity index (χ1n) is 13.8. The highest BCUT2D eigenvalue weighted by Gasteiger charge is 2.43. The number of carboxylic acids is 1. The van der Waals surface area contributed by atoms with Gasteiger partial charge in [0.05, 0.1) is 30.9 Å². The molecule has 1 aliphatic heterocycles. The maximum atomic E-state index is 13.9. The highest BCUT2D eigenvalue weighted by molar-refractivity contribution is 5.88. The van der Waals surface area contributed by atoms with E-state index in [9.17, 15) is 19.5 Å². The van der Waals surface area contributed by atoms with Crippen molar-refractivity contribution in [3.8, 4) is 11.1 Å². The molecule has 1 saturated heterocycles. The lowest BCUT2D eigenvalue weighted by Gasteiger charge is -2.31. The van der Waals surface area contributed by atoms with Gasteiger partial charge < -0.3 is 24.2 Å². The van der Waals surface area contributed by atoms with Crippen LogP contribution in [0.2, 0.25) is 0 Å². The fourth-order valence-electron chi connectivity index (χ4n) is 5.75. The molecule has 0 unspecified atom stereocenters. The third-order valence-electron chi connectivity index (χ3n) is 7.62. The van der Waals surface area contributed by atoms with Gasteiger partial charge in [-0.05, 0) is 43.0 Å². The highest BCUT2D eigenvalue weighted by Crippen LogP contribution is 2.44. The zero-order valence-electron chi connectivity index (χ0n) is 24.4. The Balaban J connectivity index is 1.42. The maximum Gasteiger partial charge on any atom is 0.410 e. The number of likely N-dealkylation sites (tertiary alicyclic amines) is 1. The number of ether oxygens (including phenoxy) is 3. The molecule has 0 saturated carbocycles. The third-order valence-corrected chi connectivity index (χ3v) is 7.62. The van der Waals surface area contributed by atoms with Gasteiger partial charge in [-0.25, -0.2) is 14.4 Å². The molecule has 1 fully saturated rings. The zero-order valence-corrected chi connectivity index (χ0v) is 24.4. The number of aromatic carboxylic acids is 1. The van der Waals surface area contributed by atoms with Crippen LogP contribution >= 0.6 is 0 Å². The van der Waals surface area contributed by atoms with Crippen molar-refractivity contribution in [3.05, 3.63) is 77.1 Å². The van der Waals surface area contributed by atoms with Crippen LogP contribution in [0, 0.1) is 0 Å². The summed E-state index contributed by atoms with van der Waals surface area (Å²) in [5.41, 5.74) is 3.83. The number of aryl methyl sites for hydroxylation is 1. The van der Waals surface area contributed by atoms with E-state index in [4.69, 9.17) is 14.2 Å². The van der Waals surface area contributed by atoms with Gasteiger partial charge in [0, 0.05) is 32.8 Å². The number of hydrogen-bond acceptors (Lipinski definition) is 7. The second-order valence-electron chi connectivity index (χ2n) is 11.6. The van der Waals surface area contributed by atoms with Crippen LogP contribution in [0.15, 0.2) is 54.7 Å². The monoisotopic (exact) mass is 576 g/mol. The van der Waals surface area contributed by atoms with E-state index >= 15 is 0 Å². The number of amides is 2. The number of benzene rings is 2. The van der Waals surface area contributed by atoms with E-state index in [1.807, 2.05) is 36.4 Å². The van der Waals surface area contributed by atoms with Gasteiger partial charge in [-0.3, -0.25) is 9.58 Å². The van der Waals surface area contributed by atoms with Crippen molar-refractivity contribution >= 4 is 18.2 Å². The molecule has 1 aromatic heterocycles. The molecule has 42 heavy (non-hydrogen) atoms. The minimum absolute atomic E-state index is 0.0232. The first kappa shape index (κ1) is 29.1. The average Bonchev–Trinajstić information content (AvgIpc) is 3.63. The average molecular weight is 577 g/mol. The number of fused-ring (bicyclic) bond motifs is 3. The Kier molecular flexibility index (Phi) is 7.96. The predicted octanol–water partition coefficient (Wildman–Crippen LogP) is 4.50. The van der Waals surface area contributed by atoms with E-state index in [0.29, 0.717) is 0 Å². The highest BCUT2D eigenvalue weighted by atomic mass is 16.6. The van der Waals surface area contributed by atoms with Crippen LogP contribution in [0.5, 0.6) is 0 Å². The van der Waals surface area contributed by atoms with Crippen LogP contribution in [0.4, 0.5) is 9.59 Å². The van der Waals surface area contributed by atoms with Crippen LogP contribution in [0.25, 0.3) is 11.1 Å². The zero-order chi connectivity index (χ0) is 30.2. The smallest absolute Gasteiger partial charge is 0.410 e. The van der Waals surface area contributed by atoms with Crippen LogP contribution in [-0.4, -0.2) is 87.4 Å². The fourth-order valence-corrected chi connectivity index (χ4v) is 5.75. The molecule has 3 aromatic rings. The number of carboxylic acid groups (broad SMARTS) is 1. The minimum Gasteiger partial charge on any atom is -0.478 e. The van der Waals surface area contributed by atoms with E-state index in [-0.39, 0.29) is 43.4 Å². The van der Waals surface area contributed by atoms with E-state index in [1.165, 1.54) is 27.8 Å². The molecular weight excluding hydrogens is 540 g/mol. The maximum absolute atomic E-state index is 13.9. The predicted molar refractivity (Wildman–Crippen MR) is 153 cm³/mol. The van der Waals surface area contributed by atoms with Gasteiger partial charge in [0.25, 0.3) is 0 Å². The van der Waals surface area contributed by atoms with E-state index in [0.717, 1.165) is 22.3 Å². The fraction of sp³-hybridized carbons (Fsp3) is 0.419. The molecule has 2 amide bonds. The Labute approximate surface area is 244 Å². The second kappa shape index (κ2) is 11.5. The van der Waals surface area contributed by atoms with Gasteiger partial charge in [0.2, 0.25) is 0 Å². The number of nitrogens with zero attached hydrogens (tertiary/aromatic N) is 4. The van der Waals surface area contributed by atoms with Crippen molar-refractivity contribution < 1.29 is 33.7 Å². The van der Waals surface area contributed by atoms with Crippen molar-refractivity contribution in [2.24, 2.45) is 7.05 Å². The Morgan fingerprint density at radius 1 is 1.02 bits per heavy atom. The summed E-state index contributed by atoms with van der Waals surface area (Å²) in [6, 6.07) is 15.5. The quantitative estimate of drug-likeness (QED) is 0.436. The number of aromatic nitrogens is 2. The van der Waals surface area contributed by atoms with Crippen molar-refractivity contribution in [2.75, 3.05) is 26.8 Å². The Morgan fingerprint density at radius 3 is 2.21 bits per heavy atom. The molecule has 2 heterocycles. The van der Waals surface area contributed by atoms with Gasteiger partial charge in [0.1, 0.15) is 17.8 Å². The van der Waals surface area contributed by atoms with Gasteiger partial charge in [-0.2, -0.15) is 5.10 Å². The van der Waals surface area contributed by atoms with Crippen LogP contribution in [-0.2, 0) is 27.8 Å². The molecule has 2 atom stereocenters.